The maximum Gasteiger partial charge on any atom is 0.239 e. The molecule has 1 aromatic carbocycles. The van der Waals surface area contributed by atoms with E-state index in [-0.39, 0.29) is 12.5 Å². The van der Waals surface area contributed by atoms with E-state index in [4.69, 9.17) is 5.73 Å². The number of benzene rings is 1. The van der Waals surface area contributed by atoms with Crippen LogP contribution >= 0.6 is 11.3 Å². The first-order valence-corrected chi connectivity index (χ1v) is 6.05. The summed E-state index contributed by atoms with van der Waals surface area (Å²) >= 11 is 1.55. The molecule has 6 heteroatoms. The summed E-state index contributed by atoms with van der Waals surface area (Å²) in [6.07, 6.45) is 0. The van der Waals surface area contributed by atoms with Crippen LogP contribution in [0.25, 0.3) is 10.2 Å². The molecular formula is C11H14N4OS. The van der Waals surface area contributed by atoms with Crippen LogP contribution in [-0.4, -0.2) is 31.5 Å². The van der Waals surface area contributed by atoms with Gasteiger partial charge in [-0.3, -0.25) is 4.79 Å². The van der Waals surface area contributed by atoms with E-state index >= 15 is 0 Å². The van der Waals surface area contributed by atoms with E-state index in [0.29, 0.717) is 5.69 Å². The van der Waals surface area contributed by atoms with Gasteiger partial charge >= 0.3 is 0 Å². The molecule has 2 aromatic rings. The van der Waals surface area contributed by atoms with Gasteiger partial charge in [-0.05, 0) is 12.1 Å². The number of carbonyl (C=O) groups excluding carboxylic acids is 1. The summed E-state index contributed by atoms with van der Waals surface area (Å²) in [5.74, 6) is -0.0507. The second-order valence-corrected chi connectivity index (χ2v) is 4.61. The highest BCUT2D eigenvalue weighted by atomic mass is 32.1. The summed E-state index contributed by atoms with van der Waals surface area (Å²) in [4.78, 5) is 17.4. The van der Waals surface area contributed by atoms with Gasteiger partial charge in [0.2, 0.25) is 5.91 Å². The molecule has 0 spiro atoms. The molecule has 0 saturated carbocycles. The zero-order valence-corrected chi connectivity index (χ0v) is 10.5. The van der Waals surface area contributed by atoms with Gasteiger partial charge in [-0.15, -0.1) is 11.3 Å². The lowest BCUT2D eigenvalue weighted by Crippen LogP contribution is -2.33. The third kappa shape index (κ3) is 2.16. The predicted octanol–water partition coefficient (Wildman–Crippen LogP) is 1.06. The number of likely N-dealkylation sites (N-methyl/N-ethyl adjacent to an activating group) is 2. The number of anilines is 2. The molecule has 0 bridgehead atoms. The summed E-state index contributed by atoms with van der Waals surface area (Å²) in [7, 11) is 3.45. The molecule has 0 aliphatic heterocycles. The Morgan fingerprint density at radius 2 is 2.35 bits per heavy atom. The minimum Gasteiger partial charge on any atom is -0.395 e. The van der Waals surface area contributed by atoms with E-state index in [9.17, 15) is 4.79 Å². The van der Waals surface area contributed by atoms with Crippen LogP contribution in [0.15, 0.2) is 17.6 Å². The highest BCUT2D eigenvalue weighted by Gasteiger charge is 2.12. The number of carbonyl (C=O) groups is 1. The molecule has 3 N–H and O–H groups in total. The Bertz CT molecular complexity index is 551. The van der Waals surface area contributed by atoms with Crippen molar-refractivity contribution >= 4 is 38.8 Å². The third-order valence-corrected chi connectivity index (χ3v) is 3.38. The quantitative estimate of drug-likeness (QED) is 0.799. The molecule has 0 unspecified atom stereocenters. The molecule has 0 fully saturated rings. The lowest BCUT2D eigenvalue weighted by Gasteiger charge is -2.20. The van der Waals surface area contributed by atoms with E-state index in [1.54, 1.807) is 23.9 Å². The zero-order valence-electron chi connectivity index (χ0n) is 9.73. The molecule has 0 atom stereocenters. The fourth-order valence-corrected chi connectivity index (χ4v) is 2.35. The normalized spacial score (nSPS) is 10.5. The van der Waals surface area contributed by atoms with Gasteiger partial charge in [0.25, 0.3) is 0 Å². The number of rotatable bonds is 3. The maximum absolute atomic E-state index is 11.3. The largest absolute Gasteiger partial charge is 0.395 e. The fraction of sp³-hybridized carbons (Fsp3) is 0.273. The van der Waals surface area contributed by atoms with Crippen LogP contribution in [0.5, 0.6) is 0 Å². The Hall–Kier alpha value is -1.82. The van der Waals surface area contributed by atoms with Gasteiger partial charge in [-0.25, -0.2) is 4.98 Å². The van der Waals surface area contributed by atoms with Crippen LogP contribution in [0.4, 0.5) is 11.4 Å². The number of amides is 1. The van der Waals surface area contributed by atoms with Gasteiger partial charge in [-0.2, -0.15) is 0 Å². The minimum absolute atomic E-state index is 0.0507. The van der Waals surface area contributed by atoms with E-state index < -0.39 is 0 Å². The van der Waals surface area contributed by atoms with Crippen molar-refractivity contribution in [3.8, 4) is 0 Å². The van der Waals surface area contributed by atoms with E-state index in [1.165, 1.54) is 0 Å². The van der Waals surface area contributed by atoms with Gasteiger partial charge in [-0.1, -0.05) is 0 Å². The maximum atomic E-state index is 11.3. The van der Waals surface area contributed by atoms with Crippen molar-refractivity contribution < 1.29 is 4.79 Å². The first-order valence-electron chi connectivity index (χ1n) is 5.17. The molecular weight excluding hydrogens is 236 g/mol. The van der Waals surface area contributed by atoms with Crippen molar-refractivity contribution in [2.24, 2.45) is 0 Å². The average molecular weight is 250 g/mol. The fourth-order valence-electron chi connectivity index (χ4n) is 1.65. The molecule has 1 heterocycles. The Kier molecular flexibility index (Phi) is 3.14. The van der Waals surface area contributed by atoms with Gasteiger partial charge < -0.3 is 16.0 Å². The standard InChI is InChI=1S/C11H14N4OS/c1-13-9(16)5-15(2)7-3-4-8-11(10(7)12)14-6-17-8/h3-4,6H,5,12H2,1-2H3,(H,13,16). The molecule has 90 valence electrons. The van der Waals surface area contributed by atoms with Crippen molar-refractivity contribution in [2.75, 3.05) is 31.3 Å². The summed E-state index contributed by atoms with van der Waals surface area (Å²) in [6.45, 7) is 0.274. The summed E-state index contributed by atoms with van der Waals surface area (Å²) in [6, 6.07) is 3.89. The average Bonchev–Trinajstić information content (AvgIpc) is 2.78. The number of hydrogen-bond acceptors (Lipinski definition) is 5. The van der Waals surface area contributed by atoms with Crippen molar-refractivity contribution in [3.05, 3.63) is 17.6 Å². The van der Waals surface area contributed by atoms with Crippen LogP contribution in [0.2, 0.25) is 0 Å². The second-order valence-electron chi connectivity index (χ2n) is 3.73. The number of nitrogens with two attached hydrogens (primary N) is 1. The number of hydrogen-bond donors (Lipinski definition) is 2. The molecule has 0 aliphatic carbocycles. The highest BCUT2D eigenvalue weighted by Crippen LogP contribution is 2.31. The molecule has 0 radical (unpaired) electrons. The van der Waals surface area contributed by atoms with Crippen LogP contribution in [0.1, 0.15) is 0 Å². The number of nitrogens with zero attached hydrogens (tertiary/aromatic N) is 2. The number of fused-ring (bicyclic) bond motifs is 1. The van der Waals surface area contributed by atoms with Gasteiger partial charge in [0.1, 0.15) is 5.52 Å². The molecule has 17 heavy (non-hydrogen) atoms. The van der Waals surface area contributed by atoms with E-state index in [1.807, 2.05) is 24.1 Å². The Labute approximate surface area is 103 Å². The van der Waals surface area contributed by atoms with Crippen LogP contribution < -0.4 is 16.0 Å². The van der Waals surface area contributed by atoms with Crippen LogP contribution in [0, 0.1) is 0 Å². The minimum atomic E-state index is -0.0507. The molecule has 0 saturated heterocycles. The first-order chi connectivity index (χ1) is 8.13. The third-order valence-electron chi connectivity index (χ3n) is 2.59. The zero-order chi connectivity index (χ0) is 12.4. The van der Waals surface area contributed by atoms with Crippen LogP contribution in [-0.2, 0) is 4.79 Å². The molecule has 0 aliphatic rings. The topological polar surface area (TPSA) is 71.2 Å². The van der Waals surface area contributed by atoms with Crippen molar-refractivity contribution in [1.29, 1.82) is 0 Å². The molecule has 1 amide bonds. The van der Waals surface area contributed by atoms with E-state index in [2.05, 4.69) is 10.3 Å². The number of nitrogens with one attached hydrogen (secondary N) is 1. The van der Waals surface area contributed by atoms with E-state index in [0.717, 1.165) is 15.9 Å². The summed E-state index contributed by atoms with van der Waals surface area (Å²) in [5, 5.41) is 2.58. The Balaban J connectivity index is 2.34. The summed E-state index contributed by atoms with van der Waals surface area (Å²) in [5.41, 5.74) is 10.1. The Morgan fingerprint density at radius 1 is 1.59 bits per heavy atom. The lowest BCUT2D eigenvalue weighted by atomic mass is 10.2. The molecule has 2 rings (SSSR count). The molecule has 1 aromatic heterocycles. The van der Waals surface area contributed by atoms with Gasteiger partial charge in [0.05, 0.1) is 28.1 Å². The van der Waals surface area contributed by atoms with Gasteiger partial charge in [0, 0.05) is 14.1 Å². The van der Waals surface area contributed by atoms with Crippen LogP contribution in [0.3, 0.4) is 0 Å². The second kappa shape index (κ2) is 4.58. The van der Waals surface area contributed by atoms with Crippen molar-refractivity contribution in [2.45, 2.75) is 0 Å². The van der Waals surface area contributed by atoms with Crippen molar-refractivity contribution in [3.63, 3.8) is 0 Å². The highest BCUT2D eigenvalue weighted by molar-refractivity contribution is 7.16. The molecule has 5 nitrogen and oxygen atoms in total. The smallest absolute Gasteiger partial charge is 0.239 e. The Morgan fingerprint density at radius 3 is 3.06 bits per heavy atom. The van der Waals surface area contributed by atoms with Crippen molar-refractivity contribution in [1.82, 2.24) is 10.3 Å². The monoisotopic (exact) mass is 250 g/mol. The SMILES string of the molecule is CNC(=O)CN(C)c1ccc2scnc2c1N. The number of nitrogen functional groups attached to an aromatic ring is 1. The number of thiazole rings is 1. The van der Waals surface area contributed by atoms with Gasteiger partial charge in [0.15, 0.2) is 0 Å². The first kappa shape index (κ1) is 11.7. The predicted molar refractivity (Wildman–Crippen MR) is 71.4 cm³/mol. The lowest BCUT2D eigenvalue weighted by molar-refractivity contribution is -0.119. The number of aromatic nitrogens is 1. The summed E-state index contributed by atoms with van der Waals surface area (Å²) < 4.78 is 1.06.